The lowest BCUT2D eigenvalue weighted by molar-refractivity contribution is -0.404. The molecule has 436 valence electrons. The van der Waals surface area contributed by atoms with Crippen LogP contribution in [-0.4, -0.2) is 241 Å². The first kappa shape index (κ1) is 57.8. The Kier molecular flexibility index (Phi) is 17.0. The van der Waals surface area contributed by atoms with Crippen LogP contribution in [-0.2, 0) is 52.2 Å². The van der Waals surface area contributed by atoms with Gasteiger partial charge >= 0.3 is 5.97 Å². The van der Waals surface area contributed by atoms with Crippen molar-refractivity contribution in [3.8, 4) is 0 Å². The summed E-state index contributed by atoms with van der Waals surface area (Å²) in [5.74, 6) is 2.40. The zero-order valence-electron chi connectivity index (χ0n) is 44.0. The number of esters is 1. The van der Waals surface area contributed by atoms with Gasteiger partial charge in [0, 0.05) is 19.4 Å². The molecule has 4 aliphatic carbocycles. The highest BCUT2D eigenvalue weighted by atomic mass is 16.8. The maximum Gasteiger partial charge on any atom is 0.303 e. The van der Waals surface area contributed by atoms with Crippen LogP contribution >= 0.6 is 0 Å². The van der Waals surface area contributed by atoms with Crippen LogP contribution < -0.4 is 5.32 Å². The number of hydrogen-bond acceptors (Lipinski definition) is 24. The van der Waals surface area contributed by atoms with Gasteiger partial charge in [-0.3, -0.25) is 10.1 Å². The van der Waals surface area contributed by atoms with Crippen LogP contribution in [0, 0.1) is 52.3 Å². The largest absolute Gasteiger partial charge is 0.458 e. The molecule has 0 aromatic heterocycles. The molecule has 0 aromatic rings. The average molecular weight is 1090 g/mol. The Balaban J connectivity index is 0.809. The van der Waals surface area contributed by atoms with Gasteiger partial charge in [-0.25, -0.2) is 0 Å². The fourth-order valence-electron chi connectivity index (χ4n) is 16.5. The number of ether oxygens (including phenoxy) is 10. The summed E-state index contributed by atoms with van der Waals surface area (Å²) in [6.07, 6.45) is -25.5. The Bertz CT molecular complexity index is 1990. The molecule has 1 spiro atoms. The Morgan fingerprint density at radius 3 is 1.93 bits per heavy atom. The highest BCUT2D eigenvalue weighted by Gasteiger charge is 2.71. The van der Waals surface area contributed by atoms with Crippen molar-refractivity contribution in [2.45, 2.75) is 233 Å². The van der Waals surface area contributed by atoms with Gasteiger partial charge in [0.05, 0.1) is 38.6 Å². The molecule has 6 saturated heterocycles. The molecule has 0 radical (unpaired) electrons. The zero-order chi connectivity index (χ0) is 54.5. The standard InChI is InChI=1S/C52H85NO23/c1-20-12-33(68-22(3)57)52(53-15-20)21(2)34-29(76-52)14-27-25-7-6-23-13-24(8-10-50(23,4)26(25)9-11-51(27,34)5)69-47-42(66)39(63)43(32(18-56)72-47)73-49-45(75-48-41(65)38(62)36(60)30(16-54)70-48)44(37(61)31(17-55)71-49)74-46-40(64)35(59)28(58)19-67-46/h20-21,23-49,53-56,58-66H,6-19H2,1-5H3/t20-,21-,23+,24-,25-,26+,27+,28+,29-,30+,31+,32+,33-,34-,35-,36+,37+,38-,39+,40+,41+,42+,43+,44-,45+,46-,47+,48-,49-,50+,51-,52-/m1/s1. The Morgan fingerprint density at radius 1 is 0.605 bits per heavy atom. The normalized spacial score (nSPS) is 56.3. The maximum atomic E-state index is 12.3. The van der Waals surface area contributed by atoms with E-state index in [9.17, 15) is 66.1 Å². The SMILES string of the molecule is CC(=O)O[C@@H]1C[C@@H](C)CN[C@]12O[C@@H]1C[C@H]3[C@@H]4CC[C@H]5C[C@H](O[C@H]6O[C@@H](CO)[C@H](O[C@H]7O[C@@H](CO)[C@H](O)[C@@H](O[C@H]8OC[C@H](O)[C@@H](O)[C@@H]8O)[C@@H]7O[C@H]7O[C@@H](CO)[C@H](O)[C@@H](O)[C@@H]7O)[C@@H](O)[C@@H]6O)CC[C@]5(C)[C@H]4CC[C@@]3(C)[C@@H]1[C@H]2C. The molecular weight excluding hydrogens is 1010 g/mol. The second kappa shape index (κ2) is 22.4. The van der Waals surface area contributed by atoms with E-state index in [1.54, 1.807) is 0 Å². The third-order valence-corrected chi connectivity index (χ3v) is 20.5. The van der Waals surface area contributed by atoms with Crippen LogP contribution in [0.1, 0.15) is 92.4 Å². The number of hydrogen-bond donors (Lipinski definition) is 13. The van der Waals surface area contributed by atoms with Crippen molar-refractivity contribution in [1.29, 1.82) is 0 Å². The second-order valence-electron chi connectivity index (χ2n) is 24.7. The van der Waals surface area contributed by atoms with E-state index in [-0.39, 0.29) is 41.0 Å². The predicted molar refractivity (Wildman–Crippen MR) is 255 cm³/mol. The van der Waals surface area contributed by atoms with E-state index in [0.29, 0.717) is 48.3 Å². The first-order chi connectivity index (χ1) is 36.1. The molecule has 32 atom stereocenters. The Morgan fingerprint density at radius 2 is 1.22 bits per heavy atom. The van der Waals surface area contributed by atoms with Gasteiger partial charge in [0.2, 0.25) is 0 Å². The molecule has 6 aliphatic heterocycles. The fraction of sp³-hybridized carbons (Fsp3) is 0.981. The van der Waals surface area contributed by atoms with E-state index < -0.39 is 149 Å². The van der Waals surface area contributed by atoms with Gasteiger partial charge < -0.3 is 109 Å². The molecule has 24 heteroatoms. The van der Waals surface area contributed by atoms with Crippen LogP contribution in [0.4, 0.5) is 0 Å². The summed E-state index contributed by atoms with van der Waals surface area (Å²) in [4.78, 5) is 12.3. The van der Waals surface area contributed by atoms with Crippen LogP contribution in [0.15, 0.2) is 0 Å². The van der Waals surface area contributed by atoms with Crippen molar-refractivity contribution in [1.82, 2.24) is 5.32 Å². The Labute approximate surface area is 442 Å². The minimum absolute atomic E-state index is 0.0349. The third kappa shape index (κ3) is 9.93. The molecule has 0 bridgehead atoms. The molecule has 6 heterocycles. The molecule has 10 rings (SSSR count). The van der Waals surface area contributed by atoms with Gasteiger partial charge in [-0.15, -0.1) is 0 Å². The molecule has 10 fully saturated rings. The number of carbonyl (C=O) groups excluding carboxylic acids is 1. The summed E-state index contributed by atoms with van der Waals surface area (Å²) >= 11 is 0. The monoisotopic (exact) mass is 1090 g/mol. The van der Waals surface area contributed by atoms with E-state index in [1.807, 2.05) is 0 Å². The van der Waals surface area contributed by atoms with Gasteiger partial charge in [-0.05, 0) is 104 Å². The number of aliphatic hydroxyl groups excluding tert-OH is 12. The average Bonchev–Trinajstić information content (AvgIpc) is 4.05. The molecule has 10 aliphatic rings. The van der Waals surface area contributed by atoms with Gasteiger partial charge in [-0.2, -0.15) is 0 Å². The van der Waals surface area contributed by atoms with Gasteiger partial charge in [0.1, 0.15) is 97.7 Å². The number of fused-ring (bicyclic) bond motifs is 7. The quantitative estimate of drug-likeness (QED) is 0.0678. The first-order valence-electron chi connectivity index (χ1n) is 27.8. The molecule has 13 N–H and O–H groups in total. The predicted octanol–water partition coefficient (Wildman–Crippen LogP) is -3.16. The number of aliphatic hydroxyl groups is 12. The molecule has 24 nitrogen and oxygen atoms in total. The number of rotatable bonds is 12. The Hall–Kier alpha value is -1.41. The summed E-state index contributed by atoms with van der Waals surface area (Å²) < 4.78 is 61.0. The maximum absolute atomic E-state index is 12.3. The summed E-state index contributed by atoms with van der Waals surface area (Å²) in [5, 5.41) is 133. The fourth-order valence-corrected chi connectivity index (χ4v) is 16.5. The van der Waals surface area contributed by atoms with Crippen LogP contribution in [0.2, 0.25) is 0 Å². The minimum Gasteiger partial charge on any atom is -0.458 e. The molecule has 4 saturated carbocycles. The number of carbonyl (C=O) groups is 1. The highest BCUT2D eigenvalue weighted by molar-refractivity contribution is 5.66. The van der Waals surface area contributed by atoms with E-state index in [1.165, 1.54) is 6.92 Å². The van der Waals surface area contributed by atoms with Crippen molar-refractivity contribution in [3.63, 3.8) is 0 Å². The minimum atomic E-state index is -2.01. The number of nitrogens with one attached hydrogen (secondary N) is 1. The van der Waals surface area contributed by atoms with Crippen molar-refractivity contribution >= 4 is 5.97 Å². The smallest absolute Gasteiger partial charge is 0.303 e. The van der Waals surface area contributed by atoms with E-state index in [2.05, 4.69) is 33.0 Å². The number of piperidine rings is 1. The summed E-state index contributed by atoms with van der Waals surface area (Å²) in [6.45, 7) is 8.66. The zero-order valence-corrected chi connectivity index (χ0v) is 44.0. The summed E-state index contributed by atoms with van der Waals surface area (Å²) in [6, 6.07) is 0. The van der Waals surface area contributed by atoms with E-state index >= 15 is 0 Å². The van der Waals surface area contributed by atoms with Crippen LogP contribution in [0.5, 0.6) is 0 Å². The van der Waals surface area contributed by atoms with Gasteiger partial charge in [0.25, 0.3) is 0 Å². The van der Waals surface area contributed by atoms with E-state index in [4.69, 9.17) is 47.4 Å². The van der Waals surface area contributed by atoms with Gasteiger partial charge in [-0.1, -0.05) is 27.7 Å². The lowest BCUT2D eigenvalue weighted by Gasteiger charge is -2.61. The summed E-state index contributed by atoms with van der Waals surface area (Å²) in [5.41, 5.74) is -0.582. The summed E-state index contributed by atoms with van der Waals surface area (Å²) in [7, 11) is 0. The van der Waals surface area contributed by atoms with Crippen molar-refractivity contribution in [3.05, 3.63) is 0 Å². The molecule has 0 unspecified atom stereocenters. The highest BCUT2D eigenvalue weighted by Crippen LogP contribution is 2.71. The molecule has 76 heavy (non-hydrogen) atoms. The van der Waals surface area contributed by atoms with Crippen LogP contribution in [0.25, 0.3) is 0 Å². The topological polar surface area (TPSA) is 364 Å². The van der Waals surface area contributed by atoms with Gasteiger partial charge in [0.15, 0.2) is 30.9 Å². The van der Waals surface area contributed by atoms with Crippen molar-refractivity contribution in [2.24, 2.45) is 52.3 Å². The second-order valence-corrected chi connectivity index (χ2v) is 24.7. The first-order valence-corrected chi connectivity index (χ1v) is 27.8. The van der Waals surface area contributed by atoms with Crippen molar-refractivity contribution in [2.75, 3.05) is 33.0 Å². The lowest BCUT2D eigenvalue weighted by Crippen LogP contribution is -2.68. The molecule has 0 aromatic carbocycles. The lowest BCUT2D eigenvalue weighted by atomic mass is 9.44. The van der Waals surface area contributed by atoms with Crippen molar-refractivity contribution < 1.29 is 113 Å². The molecule has 0 amide bonds. The molecular formula is C52H85NO23. The van der Waals surface area contributed by atoms with E-state index in [0.717, 1.165) is 51.5 Å². The van der Waals surface area contributed by atoms with Crippen LogP contribution in [0.3, 0.4) is 0 Å². The third-order valence-electron chi connectivity index (χ3n) is 20.5.